The third-order valence-electron chi connectivity index (χ3n) is 2.02. The van der Waals surface area contributed by atoms with Crippen LogP contribution in [0.2, 0.25) is 0 Å². The molecule has 0 spiro atoms. The highest BCUT2D eigenvalue weighted by molar-refractivity contribution is 7.82. The third-order valence-corrected chi connectivity index (χ3v) is 2.82. The smallest absolute Gasteiger partial charge is 0.353 e. The van der Waals surface area contributed by atoms with Crippen LogP contribution in [0.5, 0.6) is 11.5 Å². The molecule has 7 heteroatoms. The molecule has 0 N–H and O–H groups in total. The first-order chi connectivity index (χ1) is 8.94. The van der Waals surface area contributed by atoms with Crippen molar-refractivity contribution in [1.29, 1.82) is 0 Å². The minimum absolute atomic E-state index is 0.0940. The summed E-state index contributed by atoms with van der Waals surface area (Å²) in [6.07, 6.45) is 0. The van der Waals surface area contributed by atoms with E-state index in [4.69, 9.17) is 0 Å². The Kier molecular flexibility index (Phi) is 3.66. The van der Waals surface area contributed by atoms with Crippen molar-refractivity contribution in [1.82, 2.24) is 0 Å². The van der Waals surface area contributed by atoms with E-state index in [1.165, 1.54) is 0 Å². The van der Waals surface area contributed by atoms with Gasteiger partial charge in [0.15, 0.2) is 0 Å². The highest BCUT2D eigenvalue weighted by Crippen LogP contribution is 2.18. The van der Waals surface area contributed by atoms with Gasteiger partial charge in [-0.05, 0) is 48.5 Å². The van der Waals surface area contributed by atoms with Crippen molar-refractivity contribution in [2.75, 3.05) is 0 Å². The summed E-state index contributed by atoms with van der Waals surface area (Å²) >= 11 is 0. The number of halogens is 2. The molecule has 0 aliphatic heterocycles. The Hall–Kier alpha value is -2.15. The van der Waals surface area contributed by atoms with Crippen LogP contribution in [0.1, 0.15) is 0 Å². The van der Waals surface area contributed by atoms with Gasteiger partial charge in [-0.25, -0.2) is 8.78 Å². The van der Waals surface area contributed by atoms with E-state index in [1.54, 1.807) is 0 Å². The normalized spacial score (nSPS) is 11.1. The lowest BCUT2D eigenvalue weighted by Crippen LogP contribution is -2.16. The molecular weight excluding hydrogens is 278 g/mol. The molecule has 0 heterocycles. The van der Waals surface area contributed by atoms with Crippen molar-refractivity contribution in [3.05, 3.63) is 60.2 Å². The minimum atomic E-state index is -4.36. The Balaban J connectivity index is 2.10. The molecule has 100 valence electrons. The summed E-state index contributed by atoms with van der Waals surface area (Å²) in [6, 6.07) is 8.74. The van der Waals surface area contributed by atoms with Gasteiger partial charge in [0, 0.05) is 0 Å². The highest BCUT2D eigenvalue weighted by atomic mass is 32.3. The second-order valence-electron chi connectivity index (χ2n) is 3.48. The predicted molar refractivity (Wildman–Crippen MR) is 63.0 cm³/mol. The molecule has 0 unspecified atom stereocenters. The Morgan fingerprint density at radius 1 is 0.684 bits per heavy atom. The number of rotatable bonds is 4. The summed E-state index contributed by atoms with van der Waals surface area (Å²) in [7, 11) is -4.36. The van der Waals surface area contributed by atoms with E-state index >= 15 is 0 Å². The van der Waals surface area contributed by atoms with Crippen molar-refractivity contribution >= 4 is 10.4 Å². The average Bonchev–Trinajstić information content (AvgIpc) is 2.34. The number of hydrogen-bond donors (Lipinski definition) is 0. The molecule has 2 aromatic carbocycles. The molecule has 0 aliphatic carbocycles. The maximum atomic E-state index is 12.6. The van der Waals surface area contributed by atoms with Crippen molar-refractivity contribution in [2.24, 2.45) is 0 Å². The molecule has 0 radical (unpaired) electrons. The molecule has 0 saturated heterocycles. The molecule has 4 nitrogen and oxygen atoms in total. The molecule has 0 aliphatic rings. The molecule has 0 saturated carbocycles. The first-order valence-electron chi connectivity index (χ1n) is 5.10. The molecule has 0 fully saturated rings. The fourth-order valence-corrected chi connectivity index (χ4v) is 1.96. The van der Waals surface area contributed by atoms with Crippen LogP contribution < -0.4 is 8.37 Å². The van der Waals surface area contributed by atoms with Crippen LogP contribution in [0.3, 0.4) is 0 Å². The van der Waals surface area contributed by atoms with E-state index in [0.29, 0.717) is 0 Å². The SMILES string of the molecule is O=S(=O)(Oc1ccc(F)cc1)Oc1ccc(F)cc1. The van der Waals surface area contributed by atoms with E-state index in [0.717, 1.165) is 48.5 Å². The fraction of sp³-hybridized carbons (Fsp3) is 0. The second-order valence-corrected chi connectivity index (χ2v) is 4.63. The third kappa shape index (κ3) is 3.92. The van der Waals surface area contributed by atoms with Crippen molar-refractivity contribution in [2.45, 2.75) is 0 Å². The van der Waals surface area contributed by atoms with Crippen LogP contribution in [-0.2, 0) is 10.4 Å². The molecule has 0 atom stereocenters. The monoisotopic (exact) mass is 286 g/mol. The maximum absolute atomic E-state index is 12.6. The van der Waals surface area contributed by atoms with Gasteiger partial charge in [-0.1, -0.05) is 0 Å². The lowest BCUT2D eigenvalue weighted by atomic mass is 10.3. The first kappa shape index (κ1) is 13.3. The second kappa shape index (κ2) is 5.23. The van der Waals surface area contributed by atoms with Gasteiger partial charge in [0.1, 0.15) is 23.1 Å². The predicted octanol–water partition coefficient (Wildman–Crippen LogP) is 2.67. The van der Waals surface area contributed by atoms with Gasteiger partial charge in [-0.3, -0.25) is 0 Å². The average molecular weight is 286 g/mol. The van der Waals surface area contributed by atoms with Gasteiger partial charge in [-0.15, -0.1) is 8.42 Å². The summed E-state index contributed by atoms with van der Waals surface area (Å²) in [5.41, 5.74) is 0. The number of benzene rings is 2. The van der Waals surface area contributed by atoms with Gasteiger partial charge in [0.25, 0.3) is 0 Å². The fourth-order valence-electron chi connectivity index (χ4n) is 1.23. The lowest BCUT2D eigenvalue weighted by Gasteiger charge is -2.07. The van der Waals surface area contributed by atoms with Crippen LogP contribution in [0.4, 0.5) is 8.78 Å². The summed E-state index contributed by atoms with van der Waals surface area (Å²) in [5, 5.41) is 0. The first-order valence-corrected chi connectivity index (χ1v) is 6.43. The summed E-state index contributed by atoms with van der Waals surface area (Å²) in [5.74, 6) is -1.24. The van der Waals surface area contributed by atoms with Crippen LogP contribution in [0.25, 0.3) is 0 Å². The van der Waals surface area contributed by atoms with Crippen molar-refractivity contribution in [3.63, 3.8) is 0 Å². The zero-order valence-electron chi connectivity index (χ0n) is 9.42. The Morgan fingerprint density at radius 2 is 1.00 bits per heavy atom. The van der Waals surface area contributed by atoms with E-state index < -0.39 is 22.0 Å². The lowest BCUT2D eigenvalue weighted by molar-refractivity contribution is 0.392. The van der Waals surface area contributed by atoms with E-state index in [2.05, 4.69) is 8.37 Å². The van der Waals surface area contributed by atoms with E-state index in [1.807, 2.05) is 0 Å². The summed E-state index contributed by atoms with van der Waals surface area (Å²) in [4.78, 5) is 0. The summed E-state index contributed by atoms with van der Waals surface area (Å²) in [6.45, 7) is 0. The van der Waals surface area contributed by atoms with Gasteiger partial charge in [0.05, 0.1) is 0 Å². The zero-order valence-corrected chi connectivity index (χ0v) is 10.2. The van der Waals surface area contributed by atoms with Crippen LogP contribution in [0, 0.1) is 11.6 Å². The van der Waals surface area contributed by atoms with Crippen molar-refractivity contribution < 1.29 is 25.6 Å². The van der Waals surface area contributed by atoms with Crippen molar-refractivity contribution in [3.8, 4) is 11.5 Å². The zero-order chi connectivity index (χ0) is 13.9. The topological polar surface area (TPSA) is 52.6 Å². The Morgan fingerprint density at radius 3 is 1.32 bits per heavy atom. The van der Waals surface area contributed by atoms with Gasteiger partial charge < -0.3 is 8.37 Å². The van der Waals surface area contributed by atoms with Gasteiger partial charge >= 0.3 is 10.4 Å². The number of hydrogen-bond acceptors (Lipinski definition) is 4. The van der Waals surface area contributed by atoms with Gasteiger partial charge in [-0.2, -0.15) is 0 Å². The van der Waals surface area contributed by atoms with E-state index in [9.17, 15) is 17.2 Å². The maximum Gasteiger partial charge on any atom is 0.500 e. The van der Waals surface area contributed by atoms with Crippen LogP contribution in [0.15, 0.2) is 48.5 Å². The summed E-state index contributed by atoms with van der Waals surface area (Å²) < 4.78 is 57.4. The van der Waals surface area contributed by atoms with E-state index in [-0.39, 0.29) is 11.5 Å². The highest BCUT2D eigenvalue weighted by Gasteiger charge is 2.15. The van der Waals surface area contributed by atoms with Gasteiger partial charge in [0.2, 0.25) is 0 Å². The molecule has 0 aromatic heterocycles. The standard InChI is InChI=1S/C12H8F2O4S/c13-9-1-5-11(6-2-9)17-19(15,16)18-12-7-3-10(14)4-8-12/h1-8H. The molecule has 19 heavy (non-hydrogen) atoms. The minimum Gasteiger partial charge on any atom is -0.353 e. The largest absolute Gasteiger partial charge is 0.500 e. The molecule has 2 aromatic rings. The van der Waals surface area contributed by atoms with Crippen LogP contribution >= 0.6 is 0 Å². The Labute approximate surface area is 108 Å². The molecule has 0 bridgehead atoms. The van der Waals surface area contributed by atoms with Crippen LogP contribution in [-0.4, -0.2) is 8.42 Å². The quantitative estimate of drug-likeness (QED) is 0.867. The molecular formula is C12H8F2O4S. The Bertz CT molecular complexity index is 598. The molecule has 0 amide bonds. The molecule has 2 rings (SSSR count).